The van der Waals surface area contributed by atoms with Crippen molar-refractivity contribution in [2.75, 3.05) is 6.61 Å². The van der Waals surface area contributed by atoms with Gasteiger partial charge < -0.3 is 14.9 Å². The van der Waals surface area contributed by atoms with E-state index in [1.807, 2.05) is 36.4 Å². The molecule has 0 heterocycles. The number of para-hydroxylation sites is 1. The minimum atomic E-state index is -0.924. The maximum absolute atomic E-state index is 11.2. The first-order chi connectivity index (χ1) is 17.5. The smallest absolute Gasteiger partial charge is 0.335 e. The zero-order valence-electron chi connectivity index (χ0n) is 20.8. The number of aryl methyl sites for hydroxylation is 2. The zero-order valence-corrected chi connectivity index (χ0v) is 20.8. The number of carboxylic acids is 2. The van der Waals surface area contributed by atoms with Crippen LogP contribution < -0.4 is 4.74 Å². The van der Waals surface area contributed by atoms with Gasteiger partial charge in [-0.3, -0.25) is 4.79 Å². The molecule has 2 N–H and O–H groups in total. The van der Waals surface area contributed by atoms with Crippen molar-refractivity contribution in [3.8, 4) is 5.75 Å². The van der Waals surface area contributed by atoms with Crippen molar-refractivity contribution in [3.05, 3.63) is 101 Å². The molecule has 0 fully saturated rings. The van der Waals surface area contributed by atoms with E-state index in [2.05, 4.69) is 30.3 Å². The van der Waals surface area contributed by atoms with Gasteiger partial charge in [-0.05, 0) is 79.3 Å². The number of unbranched alkanes of at least 4 members (excludes halogenated alkanes) is 1. The van der Waals surface area contributed by atoms with E-state index < -0.39 is 11.9 Å². The number of aliphatic carboxylic acids is 1. The molecule has 0 spiro atoms. The molecular weight excluding hydrogens is 452 g/mol. The van der Waals surface area contributed by atoms with Gasteiger partial charge in [0.25, 0.3) is 0 Å². The number of hydrogen-bond donors (Lipinski definition) is 2. The third kappa shape index (κ3) is 9.57. The molecule has 5 heteroatoms. The number of hydrogen-bond acceptors (Lipinski definition) is 3. The average molecular weight is 489 g/mol. The third-order valence-corrected chi connectivity index (χ3v) is 6.48. The Morgan fingerprint density at radius 2 is 1.44 bits per heavy atom. The van der Waals surface area contributed by atoms with Crippen LogP contribution in [0.15, 0.2) is 78.9 Å². The summed E-state index contributed by atoms with van der Waals surface area (Å²) in [5.74, 6) is -0.372. The molecule has 3 rings (SSSR count). The van der Waals surface area contributed by atoms with E-state index in [-0.39, 0.29) is 12.0 Å². The summed E-state index contributed by atoms with van der Waals surface area (Å²) >= 11 is 0. The molecule has 0 bridgehead atoms. The molecule has 0 amide bonds. The van der Waals surface area contributed by atoms with E-state index in [9.17, 15) is 9.59 Å². The molecule has 0 aliphatic rings. The monoisotopic (exact) mass is 488 g/mol. The molecule has 0 saturated heterocycles. The highest BCUT2D eigenvalue weighted by Gasteiger charge is 2.13. The third-order valence-electron chi connectivity index (χ3n) is 6.48. The van der Waals surface area contributed by atoms with E-state index >= 15 is 0 Å². The van der Waals surface area contributed by atoms with Gasteiger partial charge in [0.05, 0.1) is 12.2 Å². The summed E-state index contributed by atoms with van der Waals surface area (Å²) in [4.78, 5) is 22.1. The quantitative estimate of drug-likeness (QED) is 0.216. The van der Waals surface area contributed by atoms with Crippen molar-refractivity contribution in [1.82, 2.24) is 0 Å². The van der Waals surface area contributed by atoms with Crippen LogP contribution in [0.4, 0.5) is 0 Å². The van der Waals surface area contributed by atoms with Gasteiger partial charge in [-0.25, -0.2) is 4.79 Å². The van der Waals surface area contributed by atoms with Crippen LogP contribution in [-0.2, 0) is 24.1 Å². The Labute approximate surface area is 213 Å². The summed E-state index contributed by atoms with van der Waals surface area (Å²) in [6, 6.07) is 25.7. The van der Waals surface area contributed by atoms with Gasteiger partial charge in [0, 0.05) is 6.42 Å². The molecule has 3 aromatic carbocycles. The Morgan fingerprint density at radius 3 is 2.17 bits per heavy atom. The fourth-order valence-electron chi connectivity index (χ4n) is 4.49. The molecule has 0 saturated carbocycles. The van der Waals surface area contributed by atoms with Gasteiger partial charge in [-0.2, -0.15) is 0 Å². The summed E-state index contributed by atoms with van der Waals surface area (Å²) in [5, 5.41) is 18.1. The Kier molecular flexibility index (Phi) is 11.0. The lowest BCUT2D eigenvalue weighted by atomic mass is 9.88. The van der Waals surface area contributed by atoms with Crippen LogP contribution in [0.5, 0.6) is 5.75 Å². The van der Waals surface area contributed by atoms with Crippen molar-refractivity contribution in [1.29, 1.82) is 0 Å². The van der Waals surface area contributed by atoms with Gasteiger partial charge in [-0.1, -0.05) is 73.5 Å². The van der Waals surface area contributed by atoms with Crippen LogP contribution in [0, 0.1) is 5.92 Å². The van der Waals surface area contributed by atoms with E-state index in [0.717, 1.165) is 56.3 Å². The van der Waals surface area contributed by atoms with Gasteiger partial charge in [0.2, 0.25) is 0 Å². The zero-order chi connectivity index (χ0) is 25.6. The molecule has 1 atom stereocenters. The van der Waals surface area contributed by atoms with Gasteiger partial charge in [-0.15, -0.1) is 0 Å². The second-order valence-corrected chi connectivity index (χ2v) is 9.30. The largest absolute Gasteiger partial charge is 0.493 e. The van der Waals surface area contributed by atoms with Crippen LogP contribution in [0.1, 0.15) is 65.6 Å². The molecule has 5 nitrogen and oxygen atoms in total. The molecule has 36 heavy (non-hydrogen) atoms. The number of carbonyl (C=O) groups is 2. The standard InChI is InChI=1S/C31H36O5/c32-30(33)15-7-4-11-25(23-26-17-20-28(21-18-26)31(34)35)16-19-27-13-5-6-14-29(27)36-22-8-12-24-9-2-1-3-10-24/h1-3,5-6,9-10,13-14,17-18,20-21,25H,4,7-8,11-12,15-16,19,22-23H2,(H,32,33)(H,34,35). The maximum Gasteiger partial charge on any atom is 0.335 e. The van der Waals surface area contributed by atoms with E-state index in [1.165, 1.54) is 11.1 Å². The molecule has 0 aromatic heterocycles. The molecule has 0 aliphatic carbocycles. The number of benzene rings is 3. The highest BCUT2D eigenvalue weighted by atomic mass is 16.5. The summed E-state index contributed by atoms with van der Waals surface area (Å²) < 4.78 is 6.15. The van der Waals surface area contributed by atoms with Crippen molar-refractivity contribution in [2.24, 2.45) is 5.92 Å². The highest BCUT2D eigenvalue weighted by Crippen LogP contribution is 2.26. The molecular formula is C31H36O5. The summed E-state index contributed by atoms with van der Waals surface area (Å²) in [6.07, 6.45) is 7.29. The Morgan fingerprint density at radius 1 is 0.722 bits per heavy atom. The first kappa shape index (κ1) is 27.0. The minimum absolute atomic E-state index is 0.194. The predicted molar refractivity (Wildman–Crippen MR) is 142 cm³/mol. The topological polar surface area (TPSA) is 83.8 Å². The van der Waals surface area contributed by atoms with Gasteiger partial charge >= 0.3 is 11.9 Å². The van der Waals surface area contributed by atoms with E-state index in [1.54, 1.807) is 12.1 Å². The lowest BCUT2D eigenvalue weighted by Gasteiger charge is -2.18. The van der Waals surface area contributed by atoms with Crippen LogP contribution in [0.2, 0.25) is 0 Å². The molecule has 3 aromatic rings. The molecule has 0 aliphatic heterocycles. The summed E-state index contributed by atoms with van der Waals surface area (Å²) in [7, 11) is 0. The van der Waals surface area contributed by atoms with Crippen molar-refractivity contribution < 1.29 is 24.5 Å². The number of rotatable bonds is 16. The summed E-state index contributed by atoms with van der Waals surface area (Å²) in [6.45, 7) is 0.667. The van der Waals surface area contributed by atoms with Crippen LogP contribution in [0.3, 0.4) is 0 Å². The molecule has 190 valence electrons. The fraction of sp³-hybridized carbons (Fsp3) is 0.355. The van der Waals surface area contributed by atoms with Gasteiger partial charge in [0.15, 0.2) is 0 Å². The lowest BCUT2D eigenvalue weighted by molar-refractivity contribution is -0.137. The second-order valence-electron chi connectivity index (χ2n) is 9.30. The Balaban J connectivity index is 1.56. The second kappa shape index (κ2) is 14.7. The first-order valence-electron chi connectivity index (χ1n) is 12.8. The number of carboxylic acid groups (broad SMARTS) is 2. The molecule has 1 unspecified atom stereocenters. The summed E-state index contributed by atoms with van der Waals surface area (Å²) in [5.41, 5.74) is 3.90. The van der Waals surface area contributed by atoms with E-state index in [0.29, 0.717) is 18.9 Å². The lowest BCUT2D eigenvalue weighted by Crippen LogP contribution is -2.09. The molecule has 0 radical (unpaired) electrons. The fourth-order valence-corrected chi connectivity index (χ4v) is 4.49. The normalized spacial score (nSPS) is 11.7. The first-order valence-corrected chi connectivity index (χ1v) is 12.8. The van der Waals surface area contributed by atoms with Crippen molar-refractivity contribution in [3.63, 3.8) is 0 Å². The van der Waals surface area contributed by atoms with E-state index in [4.69, 9.17) is 14.9 Å². The highest BCUT2D eigenvalue weighted by molar-refractivity contribution is 5.87. The Hall–Kier alpha value is -3.60. The average Bonchev–Trinajstić information content (AvgIpc) is 2.89. The number of aromatic carboxylic acids is 1. The Bertz CT molecular complexity index is 1080. The van der Waals surface area contributed by atoms with Crippen molar-refractivity contribution in [2.45, 2.75) is 57.8 Å². The van der Waals surface area contributed by atoms with Crippen LogP contribution in [0.25, 0.3) is 0 Å². The van der Waals surface area contributed by atoms with Crippen LogP contribution in [-0.4, -0.2) is 28.8 Å². The van der Waals surface area contributed by atoms with Gasteiger partial charge in [0.1, 0.15) is 5.75 Å². The van der Waals surface area contributed by atoms with Crippen LogP contribution >= 0.6 is 0 Å². The predicted octanol–water partition coefficient (Wildman–Crippen LogP) is 6.83. The van der Waals surface area contributed by atoms with Crippen molar-refractivity contribution >= 4 is 11.9 Å². The maximum atomic E-state index is 11.2. The minimum Gasteiger partial charge on any atom is -0.493 e. The SMILES string of the molecule is O=C(O)CCCCC(CCc1ccccc1OCCCc1ccccc1)Cc1ccc(C(=O)O)cc1. The number of ether oxygens (including phenoxy) is 1.